The fourth-order valence-electron chi connectivity index (χ4n) is 3.52. The van der Waals surface area contributed by atoms with Crippen LogP contribution < -0.4 is 14.4 Å². The van der Waals surface area contributed by atoms with Crippen LogP contribution in [0.1, 0.15) is 16.2 Å². The van der Waals surface area contributed by atoms with E-state index in [2.05, 4.69) is 13.0 Å². The summed E-state index contributed by atoms with van der Waals surface area (Å²) in [6.07, 6.45) is 0.237. The molecule has 1 atom stereocenters. The number of hydrogen-bond acceptors (Lipinski definition) is 5. The van der Waals surface area contributed by atoms with Crippen molar-refractivity contribution in [2.45, 2.75) is 19.9 Å². The van der Waals surface area contributed by atoms with Crippen LogP contribution in [0.3, 0.4) is 0 Å². The van der Waals surface area contributed by atoms with Gasteiger partial charge in [0.05, 0.1) is 12.5 Å². The molecular weight excluding hydrogens is 364 g/mol. The second-order valence-electron chi connectivity index (χ2n) is 6.94. The molecular formula is C20H22N2O4S. The molecule has 0 N–H and O–H groups in total. The fourth-order valence-corrected chi connectivity index (χ4v) is 4.46. The van der Waals surface area contributed by atoms with Crippen LogP contribution in [0.2, 0.25) is 0 Å². The van der Waals surface area contributed by atoms with E-state index in [1.54, 1.807) is 28.2 Å². The quantitative estimate of drug-likeness (QED) is 0.811. The molecule has 1 aromatic heterocycles. The summed E-state index contributed by atoms with van der Waals surface area (Å²) in [6, 6.07) is 9.58. The average Bonchev–Trinajstić information content (AvgIpc) is 3.26. The Labute approximate surface area is 162 Å². The number of rotatable bonds is 4. The van der Waals surface area contributed by atoms with Gasteiger partial charge in [-0.25, -0.2) is 0 Å². The summed E-state index contributed by atoms with van der Waals surface area (Å²) in [6.45, 7) is 4.05. The van der Waals surface area contributed by atoms with E-state index >= 15 is 0 Å². The van der Waals surface area contributed by atoms with Crippen LogP contribution in [0.15, 0.2) is 30.3 Å². The number of anilines is 1. The van der Waals surface area contributed by atoms with Crippen molar-refractivity contribution in [3.8, 4) is 11.5 Å². The maximum Gasteiger partial charge on any atom is 0.228 e. The van der Waals surface area contributed by atoms with Gasteiger partial charge in [-0.1, -0.05) is 0 Å². The van der Waals surface area contributed by atoms with Crippen LogP contribution in [0.4, 0.5) is 5.69 Å². The Morgan fingerprint density at radius 2 is 2.00 bits per heavy atom. The van der Waals surface area contributed by atoms with Crippen LogP contribution in [-0.4, -0.2) is 43.5 Å². The van der Waals surface area contributed by atoms with Crippen LogP contribution in [-0.2, 0) is 16.1 Å². The predicted octanol–water partition coefficient (Wildman–Crippen LogP) is 2.84. The Morgan fingerprint density at radius 1 is 1.22 bits per heavy atom. The zero-order valence-electron chi connectivity index (χ0n) is 15.4. The number of thiophene rings is 1. The van der Waals surface area contributed by atoms with Crippen molar-refractivity contribution in [2.24, 2.45) is 5.92 Å². The zero-order valence-corrected chi connectivity index (χ0v) is 16.3. The van der Waals surface area contributed by atoms with Gasteiger partial charge in [0, 0.05) is 41.5 Å². The number of aryl methyl sites for hydroxylation is 1. The lowest BCUT2D eigenvalue weighted by molar-refractivity contribution is -0.135. The zero-order chi connectivity index (χ0) is 19.0. The van der Waals surface area contributed by atoms with Gasteiger partial charge in [-0.05, 0) is 31.2 Å². The Bertz CT molecular complexity index is 879. The molecule has 2 amide bonds. The third-order valence-electron chi connectivity index (χ3n) is 4.88. The minimum Gasteiger partial charge on any atom is -0.486 e. The number of amides is 2. The average molecular weight is 386 g/mol. The monoisotopic (exact) mass is 386 g/mol. The summed E-state index contributed by atoms with van der Waals surface area (Å²) >= 11 is 1.69. The van der Waals surface area contributed by atoms with Gasteiger partial charge < -0.3 is 19.3 Å². The molecule has 0 saturated carbocycles. The minimum atomic E-state index is -0.322. The van der Waals surface area contributed by atoms with Crippen molar-refractivity contribution in [1.82, 2.24) is 4.90 Å². The SMILES string of the molecule is Cc1ccc(CN(C)C(=O)C2CC(=O)N(c3ccc4c(c3)OCCO4)C2)s1. The summed E-state index contributed by atoms with van der Waals surface area (Å²) in [5, 5.41) is 0. The van der Waals surface area contributed by atoms with E-state index < -0.39 is 0 Å². The Morgan fingerprint density at radius 3 is 2.74 bits per heavy atom. The Hall–Kier alpha value is -2.54. The molecule has 2 aromatic rings. The molecule has 2 aliphatic rings. The van der Waals surface area contributed by atoms with E-state index in [-0.39, 0.29) is 24.2 Å². The molecule has 7 heteroatoms. The third-order valence-corrected chi connectivity index (χ3v) is 5.86. The smallest absolute Gasteiger partial charge is 0.228 e. The summed E-state index contributed by atoms with van der Waals surface area (Å²) in [4.78, 5) is 31.1. The molecule has 27 heavy (non-hydrogen) atoms. The van der Waals surface area contributed by atoms with E-state index in [0.29, 0.717) is 37.8 Å². The number of fused-ring (bicyclic) bond motifs is 1. The van der Waals surface area contributed by atoms with Crippen LogP contribution >= 0.6 is 11.3 Å². The molecule has 0 spiro atoms. The van der Waals surface area contributed by atoms with Gasteiger partial charge in [0.1, 0.15) is 13.2 Å². The molecule has 0 aliphatic carbocycles. The maximum atomic E-state index is 12.8. The van der Waals surface area contributed by atoms with E-state index in [4.69, 9.17) is 9.47 Å². The predicted molar refractivity (Wildman–Crippen MR) is 103 cm³/mol. The van der Waals surface area contributed by atoms with Gasteiger partial charge in [0.2, 0.25) is 11.8 Å². The van der Waals surface area contributed by atoms with Crippen molar-refractivity contribution in [3.05, 3.63) is 40.1 Å². The number of carbonyl (C=O) groups is 2. The molecule has 4 rings (SSSR count). The van der Waals surface area contributed by atoms with Crippen molar-refractivity contribution >= 4 is 28.8 Å². The normalized spacial score (nSPS) is 18.7. The first-order valence-electron chi connectivity index (χ1n) is 9.01. The Balaban J connectivity index is 1.44. The van der Waals surface area contributed by atoms with Gasteiger partial charge >= 0.3 is 0 Å². The molecule has 3 heterocycles. The molecule has 1 unspecified atom stereocenters. The standard InChI is InChI=1S/C20H22N2O4S/c1-13-3-5-16(27-13)12-21(2)20(24)14-9-19(23)22(11-14)15-4-6-17-18(10-15)26-8-7-25-17/h3-6,10,14H,7-9,11-12H2,1-2H3. The van der Waals surface area contributed by atoms with E-state index in [9.17, 15) is 9.59 Å². The molecule has 0 radical (unpaired) electrons. The molecule has 0 bridgehead atoms. The van der Waals surface area contributed by atoms with Gasteiger partial charge in [-0.15, -0.1) is 11.3 Å². The molecule has 1 saturated heterocycles. The topological polar surface area (TPSA) is 59.1 Å². The number of nitrogens with zero attached hydrogens (tertiary/aromatic N) is 2. The maximum absolute atomic E-state index is 12.8. The lowest BCUT2D eigenvalue weighted by Crippen LogP contribution is -2.34. The van der Waals surface area contributed by atoms with Crippen LogP contribution in [0.5, 0.6) is 11.5 Å². The second kappa shape index (κ2) is 7.23. The highest BCUT2D eigenvalue weighted by atomic mass is 32.1. The van der Waals surface area contributed by atoms with Gasteiger partial charge in [-0.2, -0.15) is 0 Å². The summed E-state index contributed by atoms with van der Waals surface area (Å²) < 4.78 is 11.1. The highest BCUT2D eigenvalue weighted by Crippen LogP contribution is 2.36. The first kappa shape index (κ1) is 17.9. The van der Waals surface area contributed by atoms with E-state index in [1.807, 2.05) is 24.3 Å². The van der Waals surface area contributed by atoms with Crippen molar-refractivity contribution in [1.29, 1.82) is 0 Å². The highest BCUT2D eigenvalue weighted by Gasteiger charge is 2.37. The summed E-state index contributed by atoms with van der Waals surface area (Å²) in [5.74, 6) is 0.985. The summed E-state index contributed by atoms with van der Waals surface area (Å²) in [5.41, 5.74) is 0.746. The van der Waals surface area contributed by atoms with Gasteiger partial charge in [-0.3, -0.25) is 9.59 Å². The lowest BCUT2D eigenvalue weighted by Gasteiger charge is -2.23. The van der Waals surface area contributed by atoms with Crippen molar-refractivity contribution < 1.29 is 19.1 Å². The van der Waals surface area contributed by atoms with Crippen molar-refractivity contribution in [2.75, 3.05) is 31.7 Å². The van der Waals surface area contributed by atoms with E-state index in [1.165, 1.54) is 4.88 Å². The number of benzene rings is 1. The highest BCUT2D eigenvalue weighted by molar-refractivity contribution is 7.11. The second-order valence-corrected chi connectivity index (χ2v) is 8.31. The van der Waals surface area contributed by atoms with Crippen molar-refractivity contribution in [3.63, 3.8) is 0 Å². The molecule has 1 aromatic carbocycles. The Kier molecular flexibility index (Phi) is 4.78. The molecule has 1 fully saturated rings. The molecule has 2 aliphatic heterocycles. The van der Waals surface area contributed by atoms with Gasteiger partial charge in [0.25, 0.3) is 0 Å². The number of carbonyl (C=O) groups excluding carboxylic acids is 2. The third kappa shape index (κ3) is 3.64. The molecule has 142 valence electrons. The van der Waals surface area contributed by atoms with Gasteiger partial charge in [0.15, 0.2) is 11.5 Å². The van der Waals surface area contributed by atoms with Crippen LogP contribution in [0.25, 0.3) is 0 Å². The number of hydrogen-bond donors (Lipinski definition) is 0. The summed E-state index contributed by atoms with van der Waals surface area (Å²) in [7, 11) is 1.80. The largest absolute Gasteiger partial charge is 0.486 e. The first-order chi connectivity index (χ1) is 13.0. The first-order valence-corrected chi connectivity index (χ1v) is 9.83. The molecule has 6 nitrogen and oxygen atoms in total. The van der Waals surface area contributed by atoms with Crippen LogP contribution in [0, 0.1) is 12.8 Å². The van der Waals surface area contributed by atoms with E-state index in [0.717, 1.165) is 10.6 Å². The number of ether oxygens (including phenoxy) is 2. The lowest BCUT2D eigenvalue weighted by atomic mass is 10.1. The fraction of sp³-hybridized carbons (Fsp3) is 0.400. The minimum absolute atomic E-state index is 0.00875.